The van der Waals surface area contributed by atoms with Crippen LogP contribution in [0.4, 0.5) is 11.4 Å². The number of hydrogen-bond donors (Lipinski definition) is 1. The summed E-state index contributed by atoms with van der Waals surface area (Å²) in [6, 6.07) is 6.59. The molecule has 1 saturated heterocycles. The fraction of sp³-hybridized carbons (Fsp3) is 0.462. The van der Waals surface area contributed by atoms with Crippen molar-refractivity contribution in [2.75, 3.05) is 29.9 Å². The van der Waals surface area contributed by atoms with Crippen LogP contribution < -0.4 is 10.2 Å². The van der Waals surface area contributed by atoms with Gasteiger partial charge in [0.15, 0.2) is 0 Å². The van der Waals surface area contributed by atoms with E-state index in [4.69, 9.17) is 0 Å². The molecule has 0 unspecified atom stereocenters. The predicted octanol–water partition coefficient (Wildman–Crippen LogP) is 1.82. The van der Waals surface area contributed by atoms with Crippen LogP contribution in [0.15, 0.2) is 18.2 Å². The highest BCUT2D eigenvalue weighted by molar-refractivity contribution is 5.81. The number of piperidine rings is 1. The molecule has 1 fully saturated rings. The van der Waals surface area contributed by atoms with Crippen LogP contribution in [0, 0.1) is 0 Å². The second-order valence-corrected chi connectivity index (χ2v) is 4.54. The quantitative estimate of drug-likeness (QED) is 0.777. The summed E-state index contributed by atoms with van der Waals surface area (Å²) in [5, 5.41) is 3.36. The Bertz CT molecular complexity index is 418. The SMILES string of the molecule is O=C1CCN(c2ccc3c(c2)CCN3)CC1. The minimum Gasteiger partial charge on any atom is -0.384 e. The highest BCUT2D eigenvalue weighted by Crippen LogP contribution is 2.28. The molecule has 16 heavy (non-hydrogen) atoms. The number of anilines is 2. The maximum Gasteiger partial charge on any atom is 0.136 e. The number of benzene rings is 1. The van der Waals surface area contributed by atoms with E-state index in [2.05, 4.69) is 28.4 Å². The monoisotopic (exact) mass is 216 g/mol. The molecule has 0 aromatic heterocycles. The number of nitrogens with zero attached hydrogens (tertiary/aromatic N) is 1. The lowest BCUT2D eigenvalue weighted by molar-refractivity contribution is -0.119. The summed E-state index contributed by atoms with van der Waals surface area (Å²) < 4.78 is 0. The van der Waals surface area contributed by atoms with Crippen molar-refractivity contribution in [3.63, 3.8) is 0 Å². The van der Waals surface area contributed by atoms with Crippen molar-refractivity contribution in [1.29, 1.82) is 0 Å². The summed E-state index contributed by atoms with van der Waals surface area (Å²) in [5.41, 5.74) is 3.96. The normalized spacial score (nSPS) is 19.5. The Kier molecular flexibility index (Phi) is 2.31. The van der Waals surface area contributed by atoms with Crippen molar-refractivity contribution in [3.8, 4) is 0 Å². The number of rotatable bonds is 1. The van der Waals surface area contributed by atoms with E-state index in [1.54, 1.807) is 0 Å². The molecule has 1 aromatic rings. The van der Waals surface area contributed by atoms with Crippen molar-refractivity contribution < 1.29 is 4.79 Å². The lowest BCUT2D eigenvalue weighted by Gasteiger charge is -2.28. The van der Waals surface area contributed by atoms with Gasteiger partial charge in [-0.1, -0.05) is 0 Å². The number of nitrogens with one attached hydrogen (secondary N) is 1. The van der Waals surface area contributed by atoms with Gasteiger partial charge in [-0.3, -0.25) is 4.79 Å². The summed E-state index contributed by atoms with van der Waals surface area (Å²) in [6.07, 6.45) is 2.53. The third kappa shape index (κ3) is 1.66. The molecule has 0 atom stereocenters. The number of hydrogen-bond acceptors (Lipinski definition) is 3. The first-order valence-electron chi connectivity index (χ1n) is 5.96. The van der Waals surface area contributed by atoms with Crippen molar-refractivity contribution in [1.82, 2.24) is 0 Å². The zero-order chi connectivity index (χ0) is 11.0. The first kappa shape index (κ1) is 9.70. The predicted molar refractivity (Wildman–Crippen MR) is 65.1 cm³/mol. The average Bonchev–Trinajstić information content (AvgIpc) is 2.77. The zero-order valence-corrected chi connectivity index (χ0v) is 9.33. The molecule has 2 heterocycles. The minimum atomic E-state index is 0.402. The van der Waals surface area contributed by atoms with Crippen molar-refractivity contribution >= 4 is 17.2 Å². The Morgan fingerprint density at radius 3 is 2.75 bits per heavy atom. The maximum absolute atomic E-state index is 11.2. The van der Waals surface area contributed by atoms with Crippen LogP contribution >= 0.6 is 0 Å². The summed E-state index contributed by atoms with van der Waals surface area (Å²) in [6.45, 7) is 2.81. The molecule has 0 radical (unpaired) electrons. The van der Waals surface area contributed by atoms with Crippen molar-refractivity contribution in [3.05, 3.63) is 23.8 Å². The summed E-state index contributed by atoms with van der Waals surface area (Å²) in [4.78, 5) is 13.5. The van der Waals surface area contributed by atoms with Crippen molar-refractivity contribution in [2.45, 2.75) is 19.3 Å². The number of Topliss-reactive ketones (excluding diaryl/α,β-unsaturated/α-hetero) is 1. The molecule has 3 heteroatoms. The van der Waals surface area contributed by atoms with Crippen LogP contribution in [0.1, 0.15) is 18.4 Å². The topological polar surface area (TPSA) is 32.3 Å². The van der Waals surface area contributed by atoms with Crippen LogP contribution in [0.25, 0.3) is 0 Å². The Labute approximate surface area is 95.4 Å². The van der Waals surface area contributed by atoms with Crippen LogP contribution in [0.2, 0.25) is 0 Å². The third-order valence-corrected chi connectivity index (χ3v) is 3.48. The lowest BCUT2D eigenvalue weighted by Crippen LogP contribution is -2.33. The number of ketones is 1. The fourth-order valence-corrected chi connectivity index (χ4v) is 2.50. The van der Waals surface area contributed by atoms with E-state index in [1.807, 2.05) is 0 Å². The van der Waals surface area contributed by atoms with Crippen LogP contribution in [-0.4, -0.2) is 25.4 Å². The molecule has 2 aliphatic rings. The second-order valence-electron chi connectivity index (χ2n) is 4.54. The molecular formula is C13H16N2O. The second kappa shape index (κ2) is 3.81. The van der Waals surface area contributed by atoms with Crippen LogP contribution in [-0.2, 0) is 11.2 Å². The van der Waals surface area contributed by atoms with Gasteiger partial charge in [-0.25, -0.2) is 0 Å². The van der Waals surface area contributed by atoms with E-state index < -0.39 is 0 Å². The van der Waals surface area contributed by atoms with Gasteiger partial charge in [0, 0.05) is 43.9 Å². The Hall–Kier alpha value is -1.51. The minimum absolute atomic E-state index is 0.402. The lowest BCUT2D eigenvalue weighted by atomic mass is 10.1. The van der Waals surface area contributed by atoms with E-state index in [0.717, 1.165) is 26.1 Å². The van der Waals surface area contributed by atoms with Gasteiger partial charge in [0.2, 0.25) is 0 Å². The van der Waals surface area contributed by atoms with Gasteiger partial charge in [-0.05, 0) is 30.2 Å². The Morgan fingerprint density at radius 2 is 1.94 bits per heavy atom. The van der Waals surface area contributed by atoms with Crippen LogP contribution in [0.5, 0.6) is 0 Å². The molecule has 3 rings (SSSR count). The molecule has 1 aromatic carbocycles. The molecule has 2 aliphatic heterocycles. The van der Waals surface area contributed by atoms with Gasteiger partial charge >= 0.3 is 0 Å². The smallest absolute Gasteiger partial charge is 0.136 e. The van der Waals surface area contributed by atoms with Gasteiger partial charge in [-0.2, -0.15) is 0 Å². The van der Waals surface area contributed by atoms with Gasteiger partial charge in [0.25, 0.3) is 0 Å². The molecule has 1 N–H and O–H groups in total. The largest absolute Gasteiger partial charge is 0.384 e. The average molecular weight is 216 g/mol. The van der Waals surface area contributed by atoms with Gasteiger partial charge < -0.3 is 10.2 Å². The molecular weight excluding hydrogens is 200 g/mol. The fourth-order valence-electron chi connectivity index (χ4n) is 2.50. The van der Waals surface area contributed by atoms with E-state index in [0.29, 0.717) is 18.6 Å². The highest BCUT2D eigenvalue weighted by Gasteiger charge is 2.18. The standard InChI is InChI=1S/C13H16N2O/c16-12-4-7-15(8-5-12)11-1-2-13-10(9-11)3-6-14-13/h1-2,9,14H,3-8H2. The Balaban J connectivity index is 1.82. The van der Waals surface area contributed by atoms with E-state index in [9.17, 15) is 4.79 Å². The molecule has 84 valence electrons. The molecule has 0 aliphatic carbocycles. The summed E-state index contributed by atoms with van der Waals surface area (Å²) >= 11 is 0. The first-order valence-corrected chi connectivity index (χ1v) is 5.96. The van der Waals surface area contributed by atoms with E-state index in [1.165, 1.54) is 16.9 Å². The molecule has 0 amide bonds. The van der Waals surface area contributed by atoms with Crippen LogP contribution in [0.3, 0.4) is 0 Å². The highest BCUT2D eigenvalue weighted by atomic mass is 16.1. The number of carbonyl (C=O) groups is 1. The van der Waals surface area contributed by atoms with Crippen molar-refractivity contribution in [2.24, 2.45) is 0 Å². The molecule has 3 nitrogen and oxygen atoms in total. The van der Waals surface area contributed by atoms with Gasteiger partial charge in [0.1, 0.15) is 5.78 Å². The van der Waals surface area contributed by atoms with Gasteiger partial charge in [0.05, 0.1) is 0 Å². The Morgan fingerprint density at radius 1 is 1.12 bits per heavy atom. The van der Waals surface area contributed by atoms with Gasteiger partial charge in [-0.15, -0.1) is 0 Å². The van der Waals surface area contributed by atoms with E-state index >= 15 is 0 Å². The summed E-state index contributed by atoms with van der Waals surface area (Å²) in [5.74, 6) is 0.402. The zero-order valence-electron chi connectivity index (χ0n) is 9.33. The molecule has 0 saturated carbocycles. The molecule has 0 bridgehead atoms. The first-order chi connectivity index (χ1) is 7.83. The number of carbonyl (C=O) groups excluding carboxylic acids is 1. The number of fused-ring (bicyclic) bond motifs is 1. The maximum atomic E-state index is 11.2. The third-order valence-electron chi connectivity index (χ3n) is 3.48. The summed E-state index contributed by atoms with van der Waals surface area (Å²) in [7, 11) is 0. The van der Waals surface area contributed by atoms with E-state index in [-0.39, 0.29) is 0 Å². The molecule has 0 spiro atoms.